The maximum absolute atomic E-state index is 12.1. The predicted molar refractivity (Wildman–Crippen MR) is 98.5 cm³/mol. The lowest BCUT2D eigenvalue weighted by atomic mass is 10.1. The summed E-state index contributed by atoms with van der Waals surface area (Å²) in [5.41, 5.74) is 3.16. The average molecular weight is 358 g/mol. The first-order chi connectivity index (χ1) is 11.7. The largest absolute Gasteiger partial charge is 0.300 e. The summed E-state index contributed by atoms with van der Waals surface area (Å²) < 4.78 is 0. The summed E-state index contributed by atoms with van der Waals surface area (Å²) >= 11 is 2.96. The van der Waals surface area contributed by atoms with Crippen LogP contribution >= 0.6 is 22.7 Å². The first-order valence-corrected chi connectivity index (χ1v) is 9.53. The number of nitrogens with zero attached hydrogens (tertiary/aromatic N) is 3. The summed E-state index contributed by atoms with van der Waals surface area (Å²) in [6.07, 6.45) is 2.08. The Morgan fingerprint density at radius 3 is 2.58 bits per heavy atom. The Labute approximate surface area is 148 Å². The Hall–Kier alpha value is -2.12. The second-order valence-corrected chi connectivity index (χ2v) is 7.19. The molecule has 7 heteroatoms. The molecule has 0 saturated heterocycles. The van der Waals surface area contributed by atoms with Gasteiger partial charge in [0.25, 0.3) is 0 Å². The summed E-state index contributed by atoms with van der Waals surface area (Å²) in [6.45, 7) is 4.15. The molecule has 0 aliphatic heterocycles. The third-order valence-electron chi connectivity index (χ3n) is 3.52. The van der Waals surface area contributed by atoms with Crippen LogP contribution in [0.1, 0.15) is 30.1 Å². The molecule has 1 amide bonds. The highest BCUT2D eigenvalue weighted by Gasteiger charge is 2.11. The summed E-state index contributed by atoms with van der Waals surface area (Å²) in [5, 5.41) is 15.1. The topological polar surface area (TPSA) is 67.8 Å². The van der Waals surface area contributed by atoms with Gasteiger partial charge in [0, 0.05) is 10.9 Å². The van der Waals surface area contributed by atoms with Gasteiger partial charge in [0.05, 0.1) is 12.1 Å². The van der Waals surface area contributed by atoms with Gasteiger partial charge in [0.15, 0.2) is 0 Å². The first-order valence-electron chi connectivity index (χ1n) is 7.84. The molecule has 24 heavy (non-hydrogen) atoms. The highest BCUT2D eigenvalue weighted by Crippen LogP contribution is 2.24. The van der Waals surface area contributed by atoms with Gasteiger partial charge in [-0.1, -0.05) is 49.4 Å². The highest BCUT2D eigenvalue weighted by molar-refractivity contribution is 7.15. The van der Waals surface area contributed by atoms with Crippen molar-refractivity contribution in [1.29, 1.82) is 0 Å². The van der Waals surface area contributed by atoms with E-state index in [1.54, 1.807) is 11.3 Å². The number of carbonyl (C=O) groups excluding carboxylic acids is 1. The molecule has 3 aromatic rings. The predicted octanol–water partition coefficient (Wildman–Crippen LogP) is 3.97. The molecular formula is C17H18N4OS2. The molecule has 0 aliphatic carbocycles. The minimum absolute atomic E-state index is 0.119. The monoisotopic (exact) mass is 358 g/mol. The summed E-state index contributed by atoms with van der Waals surface area (Å²) in [6, 6.07) is 8.39. The van der Waals surface area contributed by atoms with Gasteiger partial charge in [-0.15, -0.1) is 21.5 Å². The van der Waals surface area contributed by atoms with E-state index in [-0.39, 0.29) is 12.3 Å². The van der Waals surface area contributed by atoms with E-state index in [4.69, 9.17) is 0 Å². The molecule has 124 valence electrons. The molecule has 1 aromatic carbocycles. The lowest BCUT2D eigenvalue weighted by molar-refractivity contribution is -0.115. The minimum atomic E-state index is -0.119. The van der Waals surface area contributed by atoms with Crippen LogP contribution in [0.15, 0.2) is 29.6 Å². The normalized spacial score (nSPS) is 10.8. The van der Waals surface area contributed by atoms with Crippen LogP contribution < -0.4 is 5.32 Å². The fourth-order valence-corrected chi connectivity index (χ4v) is 3.70. The fraction of sp³-hybridized carbons (Fsp3) is 0.294. The molecule has 0 saturated carbocycles. The number of hydrogen-bond acceptors (Lipinski definition) is 6. The summed E-state index contributed by atoms with van der Waals surface area (Å²) in [7, 11) is 0. The zero-order valence-corrected chi connectivity index (χ0v) is 15.2. The van der Waals surface area contributed by atoms with E-state index < -0.39 is 0 Å². The minimum Gasteiger partial charge on any atom is -0.300 e. The summed E-state index contributed by atoms with van der Waals surface area (Å²) in [4.78, 5) is 16.7. The molecule has 0 spiro atoms. The number of hydrogen-bond donors (Lipinski definition) is 1. The van der Waals surface area contributed by atoms with Gasteiger partial charge in [-0.2, -0.15) is 0 Å². The van der Waals surface area contributed by atoms with Gasteiger partial charge in [-0.3, -0.25) is 4.79 Å². The molecule has 0 fully saturated rings. The second-order valence-electron chi connectivity index (χ2n) is 5.27. The van der Waals surface area contributed by atoms with Crippen LogP contribution in [0.5, 0.6) is 0 Å². The molecule has 0 unspecified atom stereocenters. The van der Waals surface area contributed by atoms with Crippen molar-refractivity contribution in [1.82, 2.24) is 15.2 Å². The van der Waals surface area contributed by atoms with E-state index in [0.29, 0.717) is 5.13 Å². The molecule has 0 aliphatic rings. The van der Waals surface area contributed by atoms with Gasteiger partial charge in [-0.05, 0) is 18.4 Å². The van der Waals surface area contributed by atoms with Crippen LogP contribution in [0.4, 0.5) is 5.13 Å². The molecule has 2 aromatic heterocycles. The maximum Gasteiger partial charge on any atom is 0.232 e. The van der Waals surface area contributed by atoms with Crippen molar-refractivity contribution in [3.05, 3.63) is 45.9 Å². The molecule has 3 rings (SSSR count). The Kier molecular flexibility index (Phi) is 5.32. The highest BCUT2D eigenvalue weighted by atomic mass is 32.1. The van der Waals surface area contributed by atoms with Crippen molar-refractivity contribution < 1.29 is 4.79 Å². The zero-order chi connectivity index (χ0) is 16.9. The SMILES string of the molecule is CCc1ccc(-c2nc(CC(=O)Nc3nnc(CC)s3)cs2)cc1. The molecule has 0 radical (unpaired) electrons. The number of rotatable bonds is 6. The molecule has 2 heterocycles. The van der Waals surface area contributed by atoms with Crippen molar-refractivity contribution in [3.8, 4) is 10.6 Å². The number of carbonyl (C=O) groups is 1. The van der Waals surface area contributed by atoms with E-state index in [0.717, 1.165) is 34.1 Å². The van der Waals surface area contributed by atoms with Gasteiger partial charge in [0.1, 0.15) is 10.0 Å². The summed E-state index contributed by atoms with van der Waals surface area (Å²) in [5.74, 6) is -0.119. The van der Waals surface area contributed by atoms with Crippen molar-refractivity contribution in [2.75, 3.05) is 5.32 Å². The van der Waals surface area contributed by atoms with E-state index in [2.05, 4.69) is 51.7 Å². The molecule has 0 bridgehead atoms. The Bertz CT molecular complexity index is 823. The van der Waals surface area contributed by atoms with Crippen LogP contribution in [0, 0.1) is 0 Å². The van der Waals surface area contributed by atoms with Gasteiger partial charge >= 0.3 is 0 Å². The number of aromatic nitrogens is 3. The van der Waals surface area contributed by atoms with Crippen molar-refractivity contribution in [2.45, 2.75) is 33.1 Å². The van der Waals surface area contributed by atoms with Crippen LogP contribution in [-0.2, 0) is 24.1 Å². The fourth-order valence-electron chi connectivity index (χ4n) is 2.18. The quantitative estimate of drug-likeness (QED) is 0.724. The van der Waals surface area contributed by atoms with Gasteiger partial charge < -0.3 is 5.32 Å². The second kappa shape index (κ2) is 7.63. The van der Waals surface area contributed by atoms with Crippen LogP contribution in [0.25, 0.3) is 10.6 Å². The van der Waals surface area contributed by atoms with E-state index in [1.807, 2.05) is 12.3 Å². The molecular weight excluding hydrogens is 340 g/mol. The third kappa shape index (κ3) is 4.04. The van der Waals surface area contributed by atoms with E-state index in [9.17, 15) is 4.79 Å². The van der Waals surface area contributed by atoms with E-state index >= 15 is 0 Å². The first kappa shape index (κ1) is 16.7. The van der Waals surface area contributed by atoms with E-state index in [1.165, 1.54) is 16.9 Å². The Balaban J connectivity index is 1.63. The van der Waals surface area contributed by atoms with Gasteiger partial charge in [-0.25, -0.2) is 4.98 Å². The van der Waals surface area contributed by atoms with Crippen LogP contribution in [0.3, 0.4) is 0 Å². The average Bonchev–Trinajstić information content (AvgIpc) is 3.24. The molecule has 1 N–H and O–H groups in total. The molecule has 5 nitrogen and oxygen atoms in total. The van der Waals surface area contributed by atoms with Crippen molar-refractivity contribution >= 4 is 33.7 Å². The Morgan fingerprint density at radius 1 is 1.12 bits per heavy atom. The number of benzene rings is 1. The third-order valence-corrected chi connectivity index (χ3v) is 5.44. The molecule has 0 atom stereocenters. The zero-order valence-electron chi connectivity index (χ0n) is 13.6. The number of thiazole rings is 1. The number of amides is 1. The van der Waals surface area contributed by atoms with Crippen LogP contribution in [0.2, 0.25) is 0 Å². The number of anilines is 1. The lowest BCUT2D eigenvalue weighted by Crippen LogP contribution is -2.14. The number of aryl methyl sites for hydroxylation is 2. The number of nitrogens with one attached hydrogen (secondary N) is 1. The van der Waals surface area contributed by atoms with Crippen molar-refractivity contribution in [2.24, 2.45) is 0 Å². The van der Waals surface area contributed by atoms with Gasteiger partial charge in [0.2, 0.25) is 11.0 Å². The standard InChI is InChI=1S/C17H18N4OS2/c1-3-11-5-7-12(8-6-11)16-18-13(10-23-16)9-14(22)19-17-21-20-15(4-2)24-17/h5-8,10H,3-4,9H2,1-2H3,(H,19,21,22). The smallest absolute Gasteiger partial charge is 0.232 e. The maximum atomic E-state index is 12.1. The van der Waals surface area contributed by atoms with Crippen LogP contribution in [-0.4, -0.2) is 21.1 Å². The van der Waals surface area contributed by atoms with Crippen molar-refractivity contribution in [3.63, 3.8) is 0 Å². The lowest BCUT2D eigenvalue weighted by Gasteiger charge is -1.99. The Morgan fingerprint density at radius 2 is 1.92 bits per heavy atom.